The predicted molar refractivity (Wildman–Crippen MR) is 120 cm³/mol. The molecule has 0 radical (unpaired) electrons. The van der Waals surface area contributed by atoms with Crippen molar-refractivity contribution >= 4 is 0 Å². The second-order valence-corrected chi connectivity index (χ2v) is 11.1. The molecule has 2 aliphatic carbocycles. The van der Waals surface area contributed by atoms with Crippen LogP contribution in [0.3, 0.4) is 0 Å². The fraction of sp³-hybridized carbons (Fsp3) is 1.00. The summed E-state index contributed by atoms with van der Waals surface area (Å²) in [6.45, 7) is 14.3. The number of fused-ring (bicyclic) bond motifs is 1. The summed E-state index contributed by atoms with van der Waals surface area (Å²) >= 11 is 0. The van der Waals surface area contributed by atoms with Crippen LogP contribution in [0.4, 0.5) is 0 Å². The molecule has 0 aliphatic heterocycles. The normalized spacial score (nSPS) is 45.2. The van der Waals surface area contributed by atoms with Crippen LogP contribution in [0.2, 0.25) is 0 Å². The van der Waals surface area contributed by atoms with E-state index in [9.17, 15) is 10.2 Å². The molecule has 5 unspecified atom stereocenters. The Kier molecular flexibility index (Phi) is 9.81. The summed E-state index contributed by atoms with van der Waals surface area (Å²) in [6.07, 6.45) is 11.3. The number of hydrogen-bond donors (Lipinski definition) is 2. The van der Waals surface area contributed by atoms with Gasteiger partial charge in [-0.2, -0.15) is 0 Å². The molecule has 166 valence electrons. The van der Waals surface area contributed by atoms with E-state index in [1.165, 1.54) is 38.5 Å². The summed E-state index contributed by atoms with van der Waals surface area (Å²) in [5, 5.41) is 21.7. The van der Waals surface area contributed by atoms with Gasteiger partial charge in [-0.3, -0.25) is 0 Å². The summed E-state index contributed by atoms with van der Waals surface area (Å²) in [5.41, 5.74) is 0. The molecule has 2 nitrogen and oxygen atoms in total. The minimum Gasteiger partial charge on any atom is -0.393 e. The van der Waals surface area contributed by atoms with E-state index in [1.807, 2.05) is 0 Å². The second kappa shape index (κ2) is 11.3. The molecule has 0 heterocycles. The first kappa shape index (κ1) is 24.2. The number of rotatable bonds is 3. The Balaban J connectivity index is 2.24. The number of aliphatic hydroxyl groups is 2. The molecule has 28 heavy (non-hydrogen) atoms. The van der Waals surface area contributed by atoms with Crippen LogP contribution in [-0.4, -0.2) is 22.4 Å². The van der Waals surface area contributed by atoms with Gasteiger partial charge in [0.1, 0.15) is 0 Å². The van der Waals surface area contributed by atoms with Crippen molar-refractivity contribution in [2.75, 3.05) is 0 Å². The highest BCUT2D eigenvalue weighted by Gasteiger charge is 2.38. The molecule has 2 heteroatoms. The molecule has 0 bridgehead atoms. The van der Waals surface area contributed by atoms with Crippen molar-refractivity contribution in [3.8, 4) is 0 Å². The summed E-state index contributed by atoms with van der Waals surface area (Å²) in [6, 6.07) is 0. The van der Waals surface area contributed by atoms with E-state index in [1.54, 1.807) is 0 Å². The highest BCUT2D eigenvalue weighted by Crippen LogP contribution is 2.45. The Morgan fingerprint density at radius 1 is 0.786 bits per heavy atom. The monoisotopic (exact) mass is 394 g/mol. The average Bonchev–Trinajstić information content (AvgIpc) is 2.68. The van der Waals surface area contributed by atoms with Crippen molar-refractivity contribution in [1.82, 2.24) is 0 Å². The van der Waals surface area contributed by atoms with Crippen LogP contribution < -0.4 is 0 Å². The Morgan fingerprint density at radius 2 is 1.43 bits per heavy atom. The van der Waals surface area contributed by atoms with Crippen LogP contribution in [0.1, 0.15) is 106 Å². The molecule has 2 aliphatic rings. The fourth-order valence-electron chi connectivity index (χ4n) is 6.78. The van der Waals surface area contributed by atoms with E-state index in [4.69, 9.17) is 0 Å². The van der Waals surface area contributed by atoms with Gasteiger partial charge in [-0.1, -0.05) is 67.2 Å². The van der Waals surface area contributed by atoms with E-state index < -0.39 is 0 Å². The first-order chi connectivity index (χ1) is 13.2. The largest absolute Gasteiger partial charge is 0.393 e. The highest BCUT2D eigenvalue weighted by molar-refractivity contribution is 4.88. The molecule has 0 spiro atoms. The highest BCUT2D eigenvalue weighted by atomic mass is 16.3. The van der Waals surface area contributed by atoms with Crippen LogP contribution in [-0.2, 0) is 0 Å². The third kappa shape index (κ3) is 6.46. The molecule has 2 N–H and O–H groups in total. The third-order valence-electron chi connectivity index (χ3n) is 8.86. The molecule has 0 aromatic carbocycles. The minimum absolute atomic E-state index is 0.133. The van der Waals surface area contributed by atoms with Crippen molar-refractivity contribution in [3.63, 3.8) is 0 Å². The summed E-state index contributed by atoms with van der Waals surface area (Å²) in [4.78, 5) is 0. The van der Waals surface area contributed by atoms with Crippen molar-refractivity contribution in [2.45, 2.75) is 118 Å². The maximum absolute atomic E-state index is 11.3. The first-order valence-electron chi connectivity index (χ1n) is 12.6. The molecule has 2 fully saturated rings. The molecular weight excluding hydrogens is 344 g/mol. The molecule has 0 saturated heterocycles. The zero-order valence-electron chi connectivity index (χ0n) is 19.7. The van der Waals surface area contributed by atoms with Gasteiger partial charge in [0.2, 0.25) is 0 Å². The molecule has 0 amide bonds. The van der Waals surface area contributed by atoms with E-state index in [0.29, 0.717) is 35.5 Å². The van der Waals surface area contributed by atoms with Gasteiger partial charge in [-0.25, -0.2) is 0 Å². The standard InChI is InChI=1S/C26H50O2/c1-7-8-18(3)23-14-11-19(4)24-13-9-17(2)15-22(27)12-10-20(5)25(24)16-26(28)21(23)6/h17-28H,7-16H2,1-6H3/t17?,18?,19-,20?,21?,22+,23?,24+,25+,26-/m0/s1. The molecule has 0 aromatic rings. The van der Waals surface area contributed by atoms with Crippen LogP contribution >= 0.6 is 0 Å². The lowest BCUT2D eigenvalue weighted by Crippen LogP contribution is -2.34. The topological polar surface area (TPSA) is 40.5 Å². The molecule has 0 aromatic heterocycles. The summed E-state index contributed by atoms with van der Waals surface area (Å²) < 4.78 is 0. The Labute approximate surface area is 175 Å². The summed E-state index contributed by atoms with van der Waals surface area (Å²) in [5.74, 6) is 5.07. The Bertz CT molecular complexity index is 436. The lowest BCUT2D eigenvalue weighted by atomic mass is 9.68. The Morgan fingerprint density at radius 3 is 2.11 bits per heavy atom. The van der Waals surface area contributed by atoms with E-state index in [0.717, 1.165) is 37.5 Å². The van der Waals surface area contributed by atoms with Crippen molar-refractivity contribution in [1.29, 1.82) is 0 Å². The van der Waals surface area contributed by atoms with Crippen LogP contribution in [0.15, 0.2) is 0 Å². The Hall–Kier alpha value is -0.0800. The molecule has 2 saturated carbocycles. The quantitative estimate of drug-likeness (QED) is 0.560. The van der Waals surface area contributed by atoms with Gasteiger partial charge >= 0.3 is 0 Å². The summed E-state index contributed by atoms with van der Waals surface area (Å²) in [7, 11) is 0. The van der Waals surface area contributed by atoms with E-state index in [2.05, 4.69) is 41.5 Å². The number of hydrogen-bond acceptors (Lipinski definition) is 2. The smallest absolute Gasteiger partial charge is 0.0571 e. The van der Waals surface area contributed by atoms with Gasteiger partial charge in [0.25, 0.3) is 0 Å². The third-order valence-corrected chi connectivity index (χ3v) is 8.86. The number of aliphatic hydroxyl groups excluding tert-OH is 2. The SMILES string of the molecule is CCCC(C)C1CC[C@H](C)[C@H]2CCC(C)C[C@H](O)CCC(C)[C@H]2C[C@H](O)C1C. The maximum Gasteiger partial charge on any atom is 0.0571 e. The zero-order valence-corrected chi connectivity index (χ0v) is 19.7. The van der Waals surface area contributed by atoms with Gasteiger partial charge in [0.05, 0.1) is 12.2 Å². The predicted octanol–water partition coefficient (Wildman–Crippen LogP) is 6.69. The van der Waals surface area contributed by atoms with Crippen molar-refractivity contribution in [3.05, 3.63) is 0 Å². The first-order valence-corrected chi connectivity index (χ1v) is 12.6. The minimum atomic E-state index is -0.171. The van der Waals surface area contributed by atoms with Crippen LogP contribution in [0.25, 0.3) is 0 Å². The average molecular weight is 395 g/mol. The molecule has 2 rings (SSSR count). The van der Waals surface area contributed by atoms with Crippen molar-refractivity contribution in [2.24, 2.45) is 47.3 Å². The zero-order chi connectivity index (χ0) is 20.8. The van der Waals surface area contributed by atoms with Gasteiger partial charge in [-0.15, -0.1) is 0 Å². The van der Waals surface area contributed by atoms with Gasteiger partial charge in [0, 0.05) is 0 Å². The molecular formula is C26H50O2. The van der Waals surface area contributed by atoms with E-state index in [-0.39, 0.29) is 12.2 Å². The van der Waals surface area contributed by atoms with Gasteiger partial charge < -0.3 is 10.2 Å². The lowest BCUT2D eigenvalue weighted by Gasteiger charge is -2.39. The van der Waals surface area contributed by atoms with Gasteiger partial charge in [-0.05, 0) is 85.9 Å². The van der Waals surface area contributed by atoms with E-state index >= 15 is 0 Å². The maximum atomic E-state index is 11.3. The van der Waals surface area contributed by atoms with Gasteiger partial charge in [0.15, 0.2) is 0 Å². The second-order valence-electron chi connectivity index (χ2n) is 11.1. The van der Waals surface area contributed by atoms with Crippen molar-refractivity contribution < 1.29 is 10.2 Å². The van der Waals surface area contributed by atoms with Crippen LogP contribution in [0, 0.1) is 47.3 Å². The molecule has 10 atom stereocenters. The van der Waals surface area contributed by atoms with Crippen LogP contribution in [0.5, 0.6) is 0 Å². The fourth-order valence-corrected chi connectivity index (χ4v) is 6.78. The lowest BCUT2D eigenvalue weighted by molar-refractivity contribution is 0.0196.